The maximum atomic E-state index is 8.65. The number of aliphatic hydroxyl groups excluding tert-OH is 2. The fourth-order valence-corrected chi connectivity index (χ4v) is 0.386. The van der Waals surface area contributed by atoms with Crippen LogP contribution in [0.1, 0.15) is 6.92 Å². The molecule has 0 rings (SSSR count). The zero-order chi connectivity index (χ0) is 7.28. The predicted octanol–water partition coefficient (Wildman–Crippen LogP) is -1.77. The zero-order valence-electron chi connectivity index (χ0n) is 5.54. The average Bonchev–Trinajstić information content (AvgIpc) is 1.83. The lowest BCUT2D eigenvalue weighted by atomic mass is 10.3. The lowest BCUT2D eigenvalue weighted by Crippen LogP contribution is -2.40. The third-order valence-electron chi connectivity index (χ3n) is 0.910. The van der Waals surface area contributed by atoms with E-state index in [-0.39, 0.29) is 12.6 Å². The molecule has 0 aromatic rings. The van der Waals surface area contributed by atoms with Gasteiger partial charge in [-0.15, -0.1) is 0 Å². The highest BCUT2D eigenvalue weighted by atomic mass is 16.3. The van der Waals surface area contributed by atoms with E-state index < -0.39 is 6.23 Å². The summed E-state index contributed by atoms with van der Waals surface area (Å²) < 4.78 is 0. The van der Waals surface area contributed by atoms with Gasteiger partial charge in [0.1, 0.15) is 6.23 Å². The molecular weight excluding hydrogens is 120 g/mol. The minimum absolute atomic E-state index is 0.0558. The van der Waals surface area contributed by atoms with Gasteiger partial charge in [-0.25, -0.2) is 0 Å². The van der Waals surface area contributed by atoms with E-state index in [1.165, 1.54) is 0 Å². The van der Waals surface area contributed by atoms with Crippen LogP contribution < -0.4 is 11.1 Å². The summed E-state index contributed by atoms with van der Waals surface area (Å²) in [5, 5.41) is 19.7. The van der Waals surface area contributed by atoms with Gasteiger partial charge in [-0.05, 0) is 6.92 Å². The summed E-state index contributed by atoms with van der Waals surface area (Å²) in [6.45, 7) is 1.98. The fourth-order valence-electron chi connectivity index (χ4n) is 0.386. The Kier molecular flexibility index (Phi) is 4.61. The fraction of sp³-hybridized carbons (Fsp3) is 1.00. The molecule has 0 saturated heterocycles. The summed E-state index contributed by atoms with van der Waals surface area (Å²) in [6, 6.07) is -0.278. The van der Waals surface area contributed by atoms with Crippen molar-refractivity contribution in [1.29, 1.82) is 0 Å². The van der Waals surface area contributed by atoms with Gasteiger partial charge in [0.05, 0.1) is 6.61 Å². The molecule has 2 unspecified atom stereocenters. The smallest absolute Gasteiger partial charge is 0.102 e. The second-order valence-electron chi connectivity index (χ2n) is 2.03. The molecule has 0 heterocycles. The minimum Gasteiger partial charge on any atom is -0.395 e. The Bertz CT molecular complexity index is 68.0. The molecule has 56 valence electrons. The maximum Gasteiger partial charge on any atom is 0.102 e. The van der Waals surface area contributed by atoms with Crippen molar-refractivity contribution in [3.05, 3.63) is 0 Å². The largest absolute Gasteiger partial charge is 0.395 e. The second kappa shape index (κ2) is 4.69. The third-order valence-corrected chi connectivity index (χ3v) is 0.910. The van der Waals surface area contributed by atoms with Crippen molar-refractivity contribution >= 4 is 0 Å². The number of aliphatic hydroxyl groups is 2. The topological polar surface area (TPSA) is 78.5 Å². The molecule has 0 aromatic carbocycles. The van der Waals surface area contributed by atoms with Crippen LogP contribution in [0.25, 0.3) is 0 Å². The predicted molar refractivity (Wildman–Crippen MR) is 34.7 cm³/mol. The van der Waals surface area contributed by atoms with Gasteiger partial charge >= 0.3 is 0 Å². The van der Waals surface area contributed by atoms with Crippen molar-refractivity contribution in [1.82, 2.24) is 5.32 Å². The van der Waals surface area contributed by atoms with Gasteiger partial charge in [-0.3, -0.25) is 5.32 Å². The van der Waals surface area contributed by atoms with E-state index in [0.29, 0.717) is 6.54 Å². The van der Waals surface area contributed by atoms with Crippen molar-refractivity contribution in [3.63, 3.8) is 0 Å². The summed E-state index contributed by atoms with van der Waals surface area (Å²) in [6.07, 6.45) is -0.553. The number of hydrogen-bond acceptors (Lipinski definition) is 4. The normalized spacial score (nSPS) is 17.3. The Morgan fingerprint density at radius 3 is 2.56 bits per heavy atom. The van der Waals surface area contributed by atoms with E-state index in [0.717, 1.165) is 0 Å². The molecule has 4 nitrogen and oxygen atoms in total. The first-order valence-electron chi connectivity index (χ1n) is 2.94. The Morgan fingerprint density at radius 1 is 1.67 bits per heavy atom. The van der Waals surface area contributed by atoms with Crippen molar-refractivity contribution in [3.8, 4) is 0 Å². The van der Waals surface area contributed by atoms with Crippen LogP contribution in [0.4, 0.5) is 0 Å². The first-order valence-corrected chi connectivity index (χ1v) is 2.94. The number of nitrogens with one attached hydrogen (secondary N) is 1. The molecule has 0 fully saturated rings. The summed E-state index contributed by atoms with van der Waals surface area (Å²) in [7, 11) is 0. The van der Waals surface area contributed by atoms with Crippen LogP contribution in [-0.4, -0.2) is 35.6 Å². The Morgan fingerprint density at radius 2 is 2.22 bits per heavy atom. The van der Waals surface area contributed by atoms with E-state index in [1.54, 1.807) is 6.92 Å². The van der Waals surface area contributed by atoms with Crippen molar-refractivity contribution in [2.45, 2.75) is 19.2 Å². The Balaban J connectivity index is 3.06. The highest BCUT2D eigenvalue weighted by molar-refractivity contribution is 4.61. The number of rotatable bonds is 4. The van der Waals surface area contributed by atoms with Gasteiger partial charge in [-0.2, -0.15) is 0 Å². The summed E-state index contributed by atoms with van der Waals surface area (Å²) >= 11 is 0. The van der Waals surface area contributed by atoms with Gasteiger partial charge in [0.15, 0.2) is 0 Å². The first-order chi connectivity index (χ1) is 4.16. The molecule has 5 N–H and O–H groups in total. The Hall–Kier alpha value is -0.160. The van der Waals surface area contributed by atoms with Crippen molar-refractivity contribution < 1.29 is 10.2 Å². The van der Waals surface area contributed by atoms with Crippen LogP contribution in [0, 0.1) is 0 Å². The Labute approximate surface area is 54.7 Å². The van der Waals surface area contributed by atoms with Crippen LogP contribution in [0.3, 0.4) is 0 Å². The second-order valence-corrected chi connectivity index (χ2v) is 2.03. The molecular formula is C5H14N2O2. The van der Waals surface area contributed by atoms with Crippen LogP contribution in [-0.2, 0) is 0 Å². The van der Waals surface area contributed by atoms with E-state index in [1.807, 2.05) is 0 Å². The molecule has 9 heavy (non-hydrogen) atoms. The average molecular weight is 134 g/mol. The molecule has 0 saturated carbocycles. The number of hydrogen-bond donors (Lipinski definition) is 4. The molecule has 4 heteroatoms. The van der Waals surface area contributed by atoms with Gasteiger partial charge in [0, 0.05) is 12.6 Å². The molecule has 0 aromatic heterocycles. The van der Waals surface area contributed by atoms with Crippen LogP contribution in [0.2, 0.25) is 0 Å². The third kappa shape index (κ3) is 5.72. The maximum absolute atomic E-state index is 8.65. The van der Waals surface area contributed by atoms with Crippen molar-refractivity contribution in [2.75, 3.05) is 13.2 Å². The summed E-state index contributed by atoms with van der Waals surface area (Å²) in [5.74, 6) is 0. The molecule has 0 radical (unpaired) electrons. The summed E-state index contributed by atoms with van der Waals surface area (Å²) in [4.78, 5) is 0. The minimum atomic E-state index is -0.553. The zero-order valence-corrected chi connectivity index (χ0v) is 5.54. The molecule has 0 aliphatic rings. The first kappa shape index (κ1) is 8.84. The molecule has 0 spiro atoms. The molecule has 0 amide bonds. The highest BCUT2D eigenvalue weighted by Gasteiger charge is 1.99. The molecule has 2 atom stereocenters. The number of nitrogens with two attached hydrogens (primary N) is 1. The molecule has 0 bridgehead atoms. The van der Waals surface area contributed by atoms with Crippen molar-refractivity contribution in [2.24, 2.45) is 5.73 Å². The van der Waals surface area contributed by atoms with Gasteiger partial charge < -0.3 is 15.9 Å². The molecule has 0 aliphatic carbocycles. The lowest BCUT2D eigenvalue weighted by molar-refractivity contribution is 0.148. The van der Waals surface area contributed by atoms with Gasteiger partial charge in [0.2, 0.25) is 0 Å². The molecule has 0 aliphatic heterocycles. The lowest BCUT2D eigenvalue weighted by Gasteiger charge is -2.10. The summed E-state index contributed by atoms with van der Waals surface area (Å²) in [5.41, 5.74) is 5.30. The van der Waals surface area contributed by atoms with E-state index in [4.69, 9.17) is 15.9 Å². The SMILES string of the molecule is CC(O)NCC(N)CO. The van der Waals surface area contributed by atoms with Crippen LogP contribution in [0.5, 0.6) is 0 Å². The van der Waals surface area contributed by atoms with E-state index >= 15 is 0 Å². The standard InChI is InChI=1S/C5H14N2O2/c1-4(9)7-2-5(6)3-8/h4-5,7-9H,2-3,6H2,1H3. The van der Waals surface area contributed by atoms with Gasteiger partial charge in [-0.1, -0.05) is 0 Å². The monoisotopic (exact) mass is 134 g/mol. The van der Waals surface area contributed by atoms with E-state index in [9.17, 15) is 0 Å². The van der Waals surface area contributed by atoms with E-state index in [2.05, 4.69) is 5.32 Å². The quantitative estimate of drug-likeness (QED) is 0.343. The van der Waals surface area contributed by atoms with Crippen LogP contribution >= 0.6 is 0 Å². The van der Waals surface area contributed by atoms with Crippen LogP contribution in [0.15, 0.2) is 0 Å². The highest BCUT2D eigenvalue weighted by Crippen LogP contribution is 1.74. The van der Waals surface area contributed by atoms with Gasteiger partial charge in [0.25, 0.3) is 0 Å².